The number of hydrogen-bond donors (Lipinski definition) is 1. The Balaban J connectivity index is 1.84. The molecule has 0 saturated heterocycles. The molecule has 2 rings (SSSR count). The van der Waals surface area contributed by atoms with E-state index in [4.69, 9.17) is 27.9 Å². The number of aromatic nitrogens is 1. The van der Waals surface area contributed by atoms with Gasteiger partial charge in [-0.25, -0.2) is 0 Å². The van der Waals surface area contributed by atoms with Gasteiger partial charge in [0.15, 0.2) is 0 Å². The Morgan fingerprint density at radius 2 is 2.10 bits per heavy atom. The minimum Gasteiger partial charge on any atom is -0.382 e. The molecule has 0 atom stereocenters. The summed E-state index contributed by atoms with van der Waals surface area (Å²) in [7, 11) is 0. The second-order valence-corrected chi connectivity index (χ2v) is 5.47. The third-order valence-corrected chi connectivity index (χ3v) is 3.71. The minimum atomic E-state index is 0.673. The van der Waals surface area contributed by atoms with Gasteiger partial charge >= 0.3 is 0 Å². The van der Waals surface area contributed by atoms with Crippen LogP contribution in [0.2, 0.25) is 10.0 Å². The largest absolute Gasteiger partial charge is 0.382 e. The topological polar surface area (TPSA) is 26.2 Å². The lowest BCUT2D eigenvalue weighted by molar-refractivity contribution is 0.145. The van der Waals surface area contributed by atoms with E-state index in [1.54, 1.807) is 6.07 Å². The van der Waals surface area contributed by atoms with Crippen LogP contribution in [0.5, 0.6) is 0 Å². The predicted octanol–water partition coefficient (Wildman–Crippen LogP) is 3.96. The molecule has 110 valence electrons. The van der Waals surface area contributed by atoms with E-state index in [2.05, 4.69) is 16.1 Å². The maximum atomic E-state index is 6.18. The SMILES string of the molecule is CCOCCCNCCn1ccc2c(Cl)cc(Cl)cc21. The molecule has 0 fully saturated rings. The highest BCUT2D eigenvalue weighted by Crippen LogP contribution is 2.28. The summed E-state index contributed by atoms with van der Waals surface area (Å²) in [5.74, 6) is 0. The summed E-state index contributed by atoms with van der Waals surface area (Å²) in [6.07, 6.45) is 3.09. The summed E-state index contributed by atoms with van der Waals surface area (Å²) >= 11 is 12.2. The van der Waals surface area contributed by atoms with Crippen LogP contribution in [-0.2, 0) is 11.3 Å². The summed E-state index contributed by atoms with van der Waals surface area (Å²) in [5.41, 5.74) is 1.08. The number of nitrogens with one attached hydrogen (secondary N) is 1. The van der Waals surface area contributed by atoms with Crippen molar-refractivity contribution >= 4 is 34.1 Å². The zero-order valence-electron chi connectivity index (χ0n) is 11.7. The Morgan fingerprint density at radius 3 is 2.90 bits per heavy atom. The highest BCUT2D eigenvalue weighted by Gasteiger charge is 2.06. The maximum Gasteiger partial charge on any atom is 0.0514 e. The molecule has 3 nitrogen and oxygen atoms in total. The second-order valence-electron chi connectivity index (χ2n) is 4.63. The van der Waals surface area contributed by atoms with E-state index in [1.807, 2.05) is 19.1 Å². The third kappa shape index (κ3) is 4.13. The van der Waals surface area contributed by atoms with Gasteiger partial charge in [-0.05, 0) is 38.1 Å². The van der Waals surface area contributed by atoms with Crippen molar-refractivity contribution in [2.75, 3.05) is 26.3 Å². The van der Waals surface area contributed by atoms with E-state index in [1.165, 1.54) is 0 Å². The second kappa shape index (κ2) is 7.89. The number of fused-ring (bicyclic) bond motifs is 1. The van der Waals surface area contributed by atoms with E-state index in [0.29, 0.717) is 10.0 Å². The lowest BCUT2D eigenvalue weighted by Gasteiger charge is -2.08. The first-order valence-electron chi connectivity index (χ1n) is 6.94. The molecule has 5 heteroatoms. The van der Waals surface area contributed by atoms with E-state index < -0.39 is 0 Å². The Labute approximate surface area is 129 Å². The van der Waals surface area contributed by atoms with Gasteiger partial charge in [-0.3, -0.25) is 0 Å². The number of nitrogens with zero attached hydrogens (tertiary/aromatic N) is 1. The Kier molecular flexibility index (Phi) is 6.17. The van der Waals surface area contributed by atoms with Crippen LogP contribution in [0.1, 0.15) is 13.3 Å². The first kappa shape index (κ1) is 15.6. The average molecular weight is 315 g/mol. The molecule has 0 amide bonds. The van der Waals surface area contributed by atoms with Crippen molar-refractivity contribution in [2.45, 2.75) is 19.9 Å². The van der Waals surface area contributed by atoms with Crippen LogP contribution in [0.15, 0.2) is 24.4 Å². The van der Waals surface area contributed by atoms with Gasteiger partial charge in [-0.2, -0.15) is 0 Å². The summed E-state index contributed by atoms with van der Waals surface area (Å²) in [5, 5.41) is 5.84. The normalized spacial score (nSPS) is 11.3. The highest BCUT2D eigenvalue weighted by atomic mass is 35.5. The van der Waals surface area contributed by atoms with Crippen molar-refractivity contribution in [2.24, 2.45) is 0 Å². The summed E-state index contributed by atoms with van der Waals surface area (Å²) in [6, 6.07) is 5.77. The fraction of sp³-hybridized carbons (Fsp3) is 0.467. The van der Waals surface area contributed by atoms with Gasteiger partial charge in [0.2, 0.25) is 0 Å². The fourth-order valence-corrected chi connectivity index (χ4v) is 2.73. The van der Waals surface area contributed by atoms with E-state index >= 15 is 0 Å². The Morgan fingerprint density at radius 1 is 1.25 bits per heavy atom. The van der Waals surface area contributed by atoms with E-state index in [-0.39, 0.29) is 0 Å². The van der Waals surface area contributed by atoms with Gasteiger partial charge < -0.3 is 14.6 Å². The molecule has 0 saturated carbocycles. The van der Waals surface area contributed by atoms with Crippen molar-refractivity contribution in [3.8, 4) is 0 Å². The quantitative estimate of drug-likeness (QED) is 0.746. The molecule has 1 N–H and O–H groups in total. The zero-order valence-corrected chi connectivity index (χ0v) is 13.2. The van der Waals surface area contributed by atoms with Crippen molar-refractivity contribution in [3.05, 3.63) is 34.4 Å². The third-order valence-electron chi connectivity index (χ3n) is 3.18. The maximum absolute atomic E-state index is 6.18. The molecule has 1 heterocycles. The molecule has 0 unspecified atom stereocenters. The molecule has 0 aliphatic carbocycles. The summed E-state index contributed by atoms with van der Waals surface area (Å²) < 4.78 is 7.46. The highest BCUT2D eigenvalue weighted by molar-refractivity contribution is 6.38. The van der Waals surface area contributed by atoms with E-state index in [9.17, 15) is 0 Å². The Hall–Kier alpha value is -0.740. The summed E-state index contributed by atoms with van der Waals surface area (Å²) in [6.45, 7) is 6.41. The average Bonchev–Trinajstić information content (AvgIpc) is 2.81. The number of ether oxygens (including phenoxy) is 1. The fourth-order valence-electron chi connectivity index (χ4n) is 2.18. The first-order valence-corrected chi connectivity index (χ1v) is 7.70. The monoisotopic (exact) mass is 314 g/mol. The molecule has 0 aliphatic heterocycles. The Bertz CT molecular complexity index is 554. The molecule has 0 bridgehead atoms. The van der Waals surface area contributed by atoms with E-state index in [0.717, 1.165) is 50.2 Å². The molecular formula is C15H20Cl2N2O. The first-order chi connectivity index (χ1) is 9.72. The van der Waals surface area contributed by atoms with Crippen molar-refractivity contribution in [1.82, 2.24) is 9.88 Å². The van der Waals surface area contributed by atoms with Gasteiger partial charge in [-0.1, -0.05) is 23.2 Å². The predicted molar refractivity (Wildman–Crippen MR) is 85.9 cm³/mol. The van der Waals surface area contributed by atoms with Crippen LogP contribution in [0.25, 0.3) is 10.9 Å². The van der Waals surface area contributed by atoms with Gasteiger partial charge in [0.1, 0.15) is 0 Å². The minimum absolute atomic E-state index is 0.673. The van der Waals surface area contributed by atoms with Crippen molar-refractivity contribution in [1.29, 1.82) is 0 Å². The molecule has 20 heavy (non-hydrogen) atoms. The molecule has 2 aromatic rings. The molecular weight excluding hydrogens is 295 g/mol. The van der Waals surface area contributed by atoms with Crippen LogP contribution in [-0.4, -0.2) is 30.9 Å². The molecule has 1 aromatic heterocycles. The lowest BCUT2D eigenvalue weighted by atomic mass is 10.2. The van der Waals surface area contributed by atoms with Crippen LogP contribution < -0.4 is 5.32 Å². The van der Waals surface area contributed by atoms with Crippen LogP contribution in [0.4, 0.5) is 0 Å². The van der Waals surface area contributed by atoms with Crippen molar-refractivity contribution in [3.63, 3.8) is 0 Å². The molecule has 0 radical (unpaired) electrons. The summed E-state index contributed by atoms with van der Waals surface area (Å²) in [4.78, 5) is 0. The number of hydrogen-bond acceptors (Lipinski definition) is 2. The molecule has 0 spiro atoms. The standard InChI is InChI=1S/C15H20Cl2N2O/c1-2-20-9-3-5-18-6-8-19-7-4-13-14(17)10-12(16)11-15(13)19/h4,7,10-11,18H,2-3,5-6,8-9H2,1H3. The van der Waals surface area contributed by atoms with Gasteiger partial charge in [-0.15, -0.1) is 0 Å². The number of halogens is 2. The molecule has 0 aliphatic rings. The van der Waals surface area contributed by atoms with Crippen LogP contribution >= 0.6 is 23.2 Å². The van der Waals surface area contributed by atoms with Gasteiger partial charge in [0.05, 0.1) is 10.5 Å². The number of benzene rings is 1. The smallest absolute Gasteiger partial charge is 0.0514 e. The van der Waals surface area contributed by atoms with Crippen LogP contribution in [0, 0.1) is 0 Å². The lowest BCUT2D eigenvalue weighted by Crippen LogP contribution is -2.21. The zero-order chi connectivity index (χ0) is 14.4. The number of rotatable bonds is 8. The molecule has 1 aromatic carbocycles. The van der Waals surface area contributed by atoms with Crippen molar-refractivity contribution < 1.29 is 4.74 Å². The van der Waals surface area contributed by atoms with Gasteiger partial charge in [0.25, 0.3) is 0 Å². The van der Waals surface area contributed by atoms with Gasteiger partial charge in [0, 0.05) is 42.9 Å². The van der Waals surface area contributed by atoms with Crippen LogP contribution in [0.3, 0.4) is 0 Å².